The summed E-state index contributed by atoms with van der Waals surface area (Å²) < 4.78 is 5.83. The van der Waals surface area contributed by atoms with Crippen LogP contribution in [0.15, 0.2) is 11.4 Å². The highest BCUT2D eigenvalue weighted by Crippen LogP contribution is 2.25. The molecule has 0 spiro atoms. The maximum Gasteiger partial charge on any atom is 0.223 e. The van der Waals surface area contributed by atoms with Gasteiger partial charge in [0.2, 0.25) is 11.8 Å². The number of carbonyl (C=O) groups is 2. The molecule has 3 aliphatic heterocycles. The van der Waals surface area contributed by atoms with Gasteiger partial charge in [-0.3, -0.25) is 14.5 Å². The molecule has 2 saturated heterocycles. The molecule has 4 heterocycles. The summed E-state index contributed by atoms with van der Waals surface area (Å²) in [5.41, 5.74) is 1.28. The highest BCUT2D eigenvalue weighted by Gasteiger charge is 2.28. The second-order valence-electron chi connectivity index (χ2n) is 9.23. The number of hydrogen-bond acceptors (Lipinski definition) is 5. The lowest BCUT2D eigenvalue weighted by molar-refractivity contribution is -0.138. The van der Waals surface area contributed by atoms with Crippen LogP contribution in [-0.2, 0) is 27.3 Å². The summed E-state index contributed by atoms with van der Waals surface area (Å²) in [6, 6.07) is 2.12. The lowest BCUT2D eigenvalue weighted by atomic mass is 9.95. The first-order chi connectivity index (χ1) is 14.5. The van der Waals surface area contributed by atoms with E-state index >= 15 is 0 Å². The van der Waals surface area contributed by atoms with Crippen molar-refractivity contribution in [2.24, 2.45) is 5.92 Å². The van der Waals surface area contributed by atoms with Crippen LogP contribution < -0.4 is 0 Å². The zero-order valence-electron chi connectivity index (χ0n) is 18.3. The molecule has 0 aromatic carbocycles. The van der Waals surface area contributed by atoms with E-state index in [1.165, 1.54) is 10.4 Å². The highest BCUT2D eigenvalue weighted by molar-refractivity contribution is 7.10. The maximum absolute atomic E-state index is 12.7. The summed E-state index contributed by atoms with van der Waals surface area (Å²) in [4.78, 5) is 33.1. The zero-order valence-corrected chi connectivity index (χ0v) is 19.2. The summed E-state index contributed by atoms with van der Waals surface area (Å²) in [6.45, 7) is 10.6. The van der Waals surface area contributed by atoms with Gasteiger partial charge in [0.15, 0.2) is 0 Å². The van der Waals surface area contributed by atoms with E-state index in [2.05, 4.69) is 30.2 Å². The topological polar surface area (TPSA) is 53.1 Å². The molecule has 4 rings (SSSR count). The predicted molar refractivity (Wildman–Crippen MR) is 118 cm³/mol. The van der Waals surface area contributed by atoms with Crippen molar-refractivity contribution in [2.75, 3.05) is 39.3 Å². The first-order valence-corrected chi connectivity index (χ1v) is 12.3. The van der Waals surface area contributed by atoms with E-state index in [1.54, 1.807) is 11.3 Å². The Kier molecular flexibility index (Phi) is 7.11. The van der Waals surface area contributed by atoms with Crippen LogP contribution in [0.2, 0.25) is 0 Å². The van der Waals surface area contributed by atoms with Gasteiger partial charge < -0.3 is 14.5 Å². The van der Waals surface area contributed by atoms with Gasteiger partial charge in [0, 0.05) is 63.5 Å². The van der Waals surface area contributed by atoms with E-state index in [0.29, 0.717) is 37.5 Å². The molecular formula is C23H35N3O3S. The third-order valence-electron chi connectivity index (χ3n) is 6.69. The molecule has 7 heteroatoms. The van der Waals surface area contributed by atoms with Crippen molar-refractivity contribution in [3.05, 3.63) is 21.9 Å². The Balaban J connectivity index is 1.16. The molecule has 0 bridgehead atoms. The minimum absolute atomic E-state index is 0.116. The second-order valence-corrected chi connectivity index (χ2v) is 10.2. The Morgan fingerprint density at radius 2 is 1.70 bits per heavy atom. The normalized spacial score (nSPS) is 25.9. The van der Waals surface area contributed by atoms with E-state index in [0.717, 1.165) is 58.5 Å². The van der Waals surface area contributed by atoms with Crippen LogP contribution in [-0.4, -0.2) is 78.0 Å². The van der Waals surface area contributed by atoms with Gasteiger partial charge in [-0.25, -0.2) is 0 Å². The zero-order chi connectivity index (χ0) is 21.1. The molecular weight excluding hydrogens is 398 g/mol. The summed E-state index contributed by atoms with van der Waals surface area (Å²) in [6.07, 6.45) is 4.36. The number of nitrogens with zero attached hydrogens (tertiary/aromatic N) is 3. The molecule has 2 amide bonds. The van der Waals surface area contributed by atoms with Gasteiger partial charge in [-0.2, -0.15) is 0 Å². The van der Waals surface area contributed by atoms with Crippen molar-refractivity contribution < 1.29 is 14.3 Å². The lowest BCUT2D eigenvalue weighted by Gasteiger charge is -2.39. The average molecular weight is 434 g/mol. The first kappa shape index (κ1) is 21.8. The summed E-state index contributed by atoms with van der Waals surface area (Å²) in [7, 11) is 0. The Labute approximate surface area is 184 Å². The van der Waals surface area contributed by atoms with Crippen molar-refractivity contribution in [3.8, 4) is 0 Å². The minimum Gasteiger partial charge on any atom is -0.373 e. The Bertz CT molecular complexity index is 734. The SMILES string of the molecule is CC1CN(CC2CCN(C(=O)CCC(=O)N3CCc4sccc4C3)CC2)CC(C)O1. The van der Waals surface area contributed by atoms with E-state index in [1.807, 2.05) is 9.80 Å². The maximum atomic E-state index is 12.7. The van der Waals surface area contributed by atoms with Gasteiger partial charge in [0.25, 0.3) is 0 Å². The number of carbonyl (C=O) groups excluding carboxylic acids is 2. The molecule has 6 nitrogen and oxygen atoms in total. The van der Waals surface area contributed by atoms with E-state index in [9.17, 15) is 9.59 Å². The third kappa shape index (κ3) is 5.42. The number of fused-ring (bicyclic) bond motifs is 1. The molecule has 166 valence electrons. The van der Waals surface area contributed by atoms with Crippen LogP contribution in [0.25, 0.3) is 0 Å². The van der Waals surface area contributed by atoms with Crippen molar-refractivity contribution in [1.82, 2.24) is 14.7 Å². The van der Waals surface area contributed by atoms with Crippen LogP contribution in [0.4, 0.5) is 0 Å². The summed E-state index contributed by atoms with van der Waals surface area (Å²) in [5.74, 6) is 0.913. The third-order valence-corrected chi connectivity index (χ3v) is 7.71. The Morgan fingerprint density at radius 3 is 2.40 bits per heavy atom. The first-order valence-electron chi connectivity index (χ1n) is 11.5. The van der Waals surface area contributed by atoms with Gasteiger partial charge in [-0.1, -0.05) is 0 Å². The van der Waals surface area contributed by atoms with Gasteiger partial charge >= 0.3 is 0 Å². The smallest absolute Gasteiger partial charge is 0.223 e. The number of ether oxygens (including phenoxy) is 1. The van der Waals surface area contributed by atoms with Crippen LogP contribution in [0.3, 0.4) is 0 Å². The number of hydrogen-bond donors (Lipinski definition) is 0. The molecule has 2 fully saturated rings. The highest BCUT2D eigenvalue weighted by atomic mass is 32.1. The average Bonchev–Trinajstić information content (AvgIpc) is 3.19. The van der Waals surface area contributed by atoms with Crippen molar-refractivity contribution in [3.63, 3.8) is 0 Å². The fourth-order valence-electron chi connectivity index (χ4n) is 5.15. The standard InChI is InChI=1S/C23H35N3O3S/c1-17-13-24(14-18(2)29-17)15-19-5-9-25(10-6-19)22(27)3-4-23(28)26-11-7-21-20(16-26)8-12-30-21/h8,12,17-19H,3-7,9-11,13-16H2,1-2H3. The van der Waals surface area contributed by atoms with E-state index < -0.39 is 0 Å². The fraction of sp³-hybridized carbons (Fsp3) is 0.739. The number of rotatable bonds is 5. The molecule has 2 atom stereocenters. The summed E-state index contributed by atoms with van der Waals surface area (Å²) >= 11 is 1.78. The molecule has 1 aromatic heterocycles. The largest absolute Gasteiger partial charge is 0.373 e. The molecule has 0 saturated carbocycles. The summed E-state index contributed by atoms with van der Waals surface area (Å²) in [5, 5.41) is 2.10. The number of thiophene rings is 1. The molecule has 0 aliphatic carbocycles. The number of morpholine rings is 1. The van der Waals surface area contributed by atoms with Crippen molar-refractivity contribution >= 4 is 23.2 Å². The van der Waals surface area contributed by atoms with E-state index in [-0.39, 0.29) is 11.8 Å². The quantitative estimate of drug-likeness (QED) is 0.717. The van der Waals surface area contributed by atoms with Crippen molar-refractivity contribution in [2.45, 2.75) is 64.7 Å². The monoisotopic (exact) mass is 433 g/mol. The number of likely N-dealkylation sites (tertiary alicyclic amines) is 1. The fourth-order valence-corrected chi connectivity index (χ4v) is 6.04. The van der Waals surface area contributed by atoms with Crippen LogP contribution in [0.5, 0.6) is 0 Å². The van der Waals surface area contributed by atoms with Gasteiger partial charge in [0.05, 0.1) is 12.2 Å². The number of amides is 2. The Hall–Kier alpha value is -1.44. The lowest BCUT2D eigenvalue weighted by Crippen LogP contribution is -2.48. The van der Waals surface area contributed by atoms with Crippen LogP contribution in [0, 0.1) is 5.92 Å². The van der Waals surface area contributed by atoms with E-state index in [4.69, 9.17) is 4.74 Å². The van der Waals surface area contributed by atoms with Crippen LogP contribution in [0.1, 0.15) is 50.0 Å². The van der Waals surface area contributed by atoms with Crippen LogP contribution >= 0.6 is 11.3 Å². The molecule has 3 aliphatic rings. The molecule has 30 heavy (non-hydrogen) atoms. The second kappa shape index (κ2) is 9.79. The minimum atomic E-state index is 0.116. The van der Waals surface area contributed by atoms with Gasteiger partial charge in [-0.15, -0.1) is 11.3 Å². The molecule has 0 radical (unpaired) electrons. The predicted octanol–water partition coefficient (Wildman–Crippen LogP) is 2.76. The molecule has 0 N–H and O–H groups in total. The Morgan fingerprint density at radius 1 is 1.03 bits per heavy atom. The number of piperidine rings is 1. The van der Waals surface area contributed by atoms with Crippen molar-refractivity contribution in [1.29, 1.82) is 0 Å². The molecule has 1 aromatic rings. The molecule has 2 unspecified atom stereocenters. The van der Waals surface area contributed by atoms with Gasteiger partial charge in [-0.05, 0) is 56.0 Å². The van der Waals surface area contributed by atoms with Gasteiger partial charge in [0.1, 0.15) is 0 Å².